The van der Waals surface area contributed by atoms with Gasteiger partial charge in [0.15, 0.2) is 6.29 Å². The van der Waals surface area contributed by atoms with Crippen LogP contribution in [0.5, 0.6) is 0 Å². The van der Waals surface area contributed by atoms with Gasteiger partial charge in [0, 0.05) is 50.5 Å². The van der Waals surface area contributed by atoms with Gasteiger partial charge in [0.25, 0.3) is 0 Å². The summed E-state index contributed by atoms with van der Waals surface area (Å²) in [6.07, 6.45) is 7.22. The van der Waals surface area contributed by atoms with Gasteiger partial charge >= 0.3 is 0 Å². The van der Waals surface area contributed by atoms with E-state index in [1.54, 1.807) is 12.1 Å². The van der Waals surface area contributed by atoms with E-state index >= 15 is 0 Å². The van der Waals surface area contributed by atoms with Crippen LogP contribution in [0.15, 0.2) is 72.8 Å². The topological polar surface area (TPSA) is 129 Å². The number of hydrogen-bond acceptors (Lipinski definition) is 8. The third-order valence-electron chi connectivity index (χ3n) is 10.3. The number of carbonyl (C=O) groups excluding carboxylic acids is 2. The molecule has 0 aliphatic carbocycles. The first-order valence-electron chi connectivity index (χ1n) is 18.4. The van der Waals surface area contributed by atoms with Crippen molar-refractivity contribution in [3.8, 4) is 0 Å². The number of para-hydroxylation sites is 2. The Labute approximate surface area is 296 Å². The lowest BCUT2D eigenvalue weighted by Gasteiger charge is -2.39. The fraction of sp³-hybridized carbons (Fsp3) is 0.500. The standard InChI is InChI=1S/C40H53N5O5/c41-35-9-1-2-10-36(35)43-39(48)12-4-3-11-38(47)42-25-29-13-19-32(20-14-29)40-49-34(24-37(50-40)31-17-15-30(28-46)16-18-31)27-45-23-7-8-33(45)26-44-21-5-6-22-44/h1-2,9-10,13-20,33-34,37,40,46H,3-8,11-12,21-28,41H2,(H,42,47)(H,43,48)/t33-,34+,37-,40-/m0/s1. The largest absolute Gasteiger partial charge is 0.397 e. The lowest BCUT2D eigenvalue weighted by Crippen LogP contribution is -2.45. The summed E-state index contributed by atoms with van der Waals surface area (Å²) < 4.78 is 13.3. The van der Waals surface area contributed by atoms with Crippen LogP contribution < -0.4 is 16.4 Å². The molecule has 2 amide bonds. The molecular weight excluding hydrogens is 630 g/mol. The number of aliphatic hydroxyl groups excluding tert-OH is 1. The molecule has 0 unspecified atom stereocenters. The quantitative estimate of drug-likeness (QED) is 0.119. The molecule has 50 heavy (non-hydrogen) atoms. The second kappa shape index (κ2) is 17.9. The van der Waals surface area contributed by atoms with Gasteiger partial charge in [-0.1, -0.05) is 60.7 Å². The number of nitrogens with two attached hydrogens (primary N) is 1. The number of ether oxygens (including phenoxy) is 2. The molecule has 10 heteroatoms. The second-order valence-electron chi connectivity index (χ2n) is 14.0. The summed E-state index contributed by atoms with van der Waals surface area (Å²) in [5.41, 5.74) is 11.0. The van der Waals surface area contributed by atoms with E-state index in [4.69, 9.17) is 15.2 Å². The summed E-state index contributed by atoms with van der Waals surface area (Å²) in [6.45, 7) is 6.04. The first kappa shape index (κ1) is 36.0. The van der Waals surface area contributed by atoms with Crippen molar-refractivity contribution < 1.29 is 24.2 Å². The SMILES string of the molecule is Nc1ccccc1NC(=O)CCCCC(=O)NCc1ccc([C@H]2O[C@@H](CN3CCC[C@H]3CN3CCCC3)C[C@@H](c3ccc(CO)cc3)O2)cc1. The molecule has 3 aromatic rings. The van der Waals surface area contributed by atoms with E-state index < -0.39 is 6.29 Å². The molecule has 3 aromatic carbocycles. The van der Waals surface area contributed by atoms with E-state index in [0.29, 0.717) is 49.6 Å². The van der Waals surface area contributed by atoms with Crippen molar-refractivity contribution in [2.24, 2.45) is 0 Å². The van der Waals surface area contributed by atoms with Gasteiger partial charge < -0.3 is 35.8 Å². The Hall–Kier alpha value is -3.80. The maximum atomic E-state index is 12.5. The molecule has 10 nitrogen and oxygen atoms in total. The highest BCUT2D eigenvalue weighted by Gasteiger charge is 2.36. The zero-order valence-corrected chi connectivity index (χ0v) is 29.1. The maximum absolute atomic E-state index is 12.5. The van der Waals surface area contributed by atoms with E-state index in [1.165, 1.54) is 38.8 Å². The summed E-state index contributed by atoms with van der Waals surface area (Å²) in [6, 6.07) is 23.9. The predicted octanol–water partition coefficient (Wildman–Crippen LogP) is 5.68. The molecule has 0 radical (unpaired) electrons. The summed E-state index contributed by atoms with van der Waals surface area (Å²) in [7, 11) is 0. The first-order chi connectivity index (χ1) is 24.4. The van der Waals surface area contributed by atoms with Crippen molar-refractivity contribution in [2.75, 3.05) is 43.8 Å². The molecule has 3 heterocycles. The van der Waals surface area contributed by atoms with Crippen LogP contribution in [0.2, 0.25) is 0 Å². The van der Waals surface area contributed by atoms with Gasteiger partial charge in [-0.15, -0.1) is 0 Å². The molecule has 6 rings (SSSR count). The number of nitrogen functional groups attached to an aromatic ring is 1. The monoisotopic (exact) mass is 683 g/mol. The molecule has 0 saturated carbocycles. The predicted molar refractivity (Wildman–Crippen MR) is 195 cm³/mol. The number of anilines is 2. The first-order valence-corrected chi connectivity index (χ1v) is 18.4. The summed E-state index contributed by atoms with van der Waals surface area (Å²) in [5, 5.41) is 15.4. The number of carbonyl (C=O) groups is 2. The Kier molecular flexibility index (Phi) is 12.9. The maximum Gasteiger partial charge on any atom is 0.224 e. The van der Waals surface area contributed by atoms with E-state index in [9.17, 15) is 14.7 Å². The Morgan fingerprint density at radius 2 is 1.50 bits per heavy atom. The third kappa shape index (κ3) is 10.1. The Bertz CT molecular complexity index is 1530. The van der Waals surface area contributed by atoms with Crippen molar-refractivity contribution in [2.45, 2.75) is 95.5 Å². The van der Waals surface area contributed by atoms with Gasteiger partial charge in [-0.05, 0) is 87.0 Å². The fourth-order valence-electron chi connectivity index (χ4n) is 7.38. The molecule has 268 valence electrons. The van der Waals surface area contributed by atoms with Crippen LogP contribution in [0.4, 0.5) is 11.4 Å². The number of unbranched alkanes of at least 4 members (excludes halogenated alkanes) is 1. The van der Waals surface area contributed by atoms with Crippen LogP contribution in [0.25, 0.3) is 0 Å². The van der Waals surface area contributed by atoms with E-state index in [0.717, 1.165) is 48.3 Å². The molecule has 3 aliphatic rings. The van der Waals surface area contributed by atoms with Crippen LogP contribution >= 0.6 is 0 Å². The summed E-state index contributed by atoms with van der Waals surface area (Å²) in [4.78, 5) is 30.0. The number of amides is 2. The smallest absolute Gasteiger partial charge is 0.224 e. The zero-order chi connectivity index (χ0) is 34.7. The van der Waals surface area contributed by atoms with Gasteiger partial charge in [-0.25, -0.2) is 0 Å². The van der Waals surface area contributed by atoms with E-state index in [2.05, 4.69) is 32.6 Å². The summed E-state index contributed by atoms with van der Waals surface area (Å²) >= 11 is 0. The lowest BCUT2D eigenvalue weighted by molar-refractivity contribution is -0.253. The lowest BCUT2D eigenvalue weighted by atomic mass is 9.99. The molecule has 0 bridgehead atoms. The Morgan fingerprint density at radius 1 is 0.800 bits per heavy atom. The minimum absolute atomic E-state index is 0.0184. The molecule has 0 spiro atoms. The Balaban J connectivity index is 0.999. The zero-order valence-electron chi connectivity index (χ0n) is 29.1. The fourth-order valence-corrected chi connectivity index (χ4v) is 7.38. The number of rotatable bonds is 15. The van der Waals surface area contributed by atoms with E-state index in [-0.39, 0.29) is 30.6 Å². The van der Waals surface area contributed by atoms with Crippen molar-refractivity contribution in [1.82, 2.24) is 15.1 Å². The van der Waals surface area contributed by atoms with Gasteiger partial charge in [0.05, 0.1) is 30.2 Å². The van der Waals surface area contributed by atoms with Crippen LogP contribution in [0, 0.1) is 0 Å². The molecule has 3 fully saturated rings. The number of hydrogen-bond donors (Lipinski definition) is 4. The van der Waals surface area contributed by atoms with Crippen molar-refractivity contribution in [1.29, 1.82) is 0 Å². The Morgan fingerprint density at radius 3 is 2.24 bits per heavy atom. The van der Waals surface area contributed by atoms with Crippen LogP contribution in [0.3, 0.4) is 0 Å². The highest BCUT2D eigenvalue weighted by atomic mass is 16.7. The van der Waals surface area contributed by atoms with Crippen LogP contribution in [-0.2, 0) is 32.2 Å². The molecular formula is C40H53N5O5. The van der Waals surface area contributed by atoms with Crippen LogP contribution in [0.1, 0.15) is 92.4 Å². The highest BCUT2D eigenvalue weighted by Crippen LogP contribution is 2.39. The van der Waals surface area contributed by atoms with Crippen molar-refractivity contribution in [3.05, 3.63) is 95.1 Å². The average Bonchev–Trinajstić information content (AvgIpc) is 3.83. The third-order valence-corrected chi connectivity index (χ3v) is 10.3. The molecule has 3 saturated heterocycles. The minimum Gasteiger partial charge on any atom is -0.397 e. The molecule has 0 aromatic heterocycles. The molecule has 5 N–H and O–H groups in total. The normalized spacial score (nSPS) is 22.8. The number of benzene rings is 3. The number of nitrogens with zero attached hydrogens (tertiary/aromatic N) is 2. The van der Waals surface area contributed by atoms with Gasteiger partial charge in [0.1, 0.15) is 0 Å². The average molecular weight is 684 g/mol. The molecule has 3 aliphatic heterocycles. The van der Waals surface area contributed by atoms with Crippen LogP contribution in [-0.4, -0.2) is 71.6 Å². The van der Waals surface area contributed by atoms with Crippen molar-refractivity contribution >= 4 is 23.2 Å². The number of likely N-dealkylation sites (tertiary alicyclic amines) is 2. The molecule has 4 atom stereocenters. The van der Waals surface area contributed by atoms with E-state index in [1.807, 2.05) is 48.5 Å². The minimum atomic E-state index is -0.505. The summed E-state index contributed by atoms with van der Waals surface area (Å²) in [5.74, 6) is -0.145. The number of nitrogens with one attached hydrogen (secondary N) is 2. The van der Waals surface area contributed by atoms with Gasteiger partial charge in [-0.3, -0.25) is 14.5 Å². The van der Waals surface area contributed by atoms with Gasteiger partial charge in [-0.2, -0.15) is 0 Å². The van der Waals surface area contributed by atoms with Gasteiger partial charge in [0.2, 0.25) is 11.8 Å². The second-order valence-corrected chi connectivity index (χ2v) is 14.0. The number of aliphatic hydroxyl groups is 1. The van der Waals surface area contributed by atoms with Crippen molar-refractivity contribution in [3.63, 3.8) is 0 Å². The highest BCUT2D eigenvalue weighted by molar-refractivity contribution is 5.93.